The van der Waals surface area contributed by atoms with E-state index in [2.05, 4.69) is 15.4 Å². The van der Waals surface area contributed by atoms with Crippen molar-refractivity contribution in [3.8, 4) is 11.6 Å². The van der Waals surface area contributed by atoms with Crippen LogP contribution in [-0.4, -0.2) is 9.97 Å². The molecule has 0 saturated heterocycles. The summed E-state index contributed by atoms with van der Waals surface area (Å²) in [4.78, 5) is 8.33. The summed E-state index contributed by atoms with van der Waals surface area (Å²) in [6, 6.07) is 7.57. The molecule has 0 aliphatic rings. The van der Waals surface area contributed by atoms with Crippen LogP contribution in [0, 0.1) is 20.8 Å². The predicted molar refractivity (Wildman–Crippen MR) is 70.6 cm³/mol. The molecule has 0 aliphatic carbocycles. The quantitative estimate of drug-likeness (QED) is 0.641. The molecule has 0 spiro atoms. The van der Waals surface area contributed by atoms with Crippen LogP contribution in [0.15, 0.2) is 24.3 Å². The molecule has 94 valence electrons. The molecule has 1 aromatic heterocycles. The van der Waals surface area contributed by atoms with Gasteiger partial charge in [0.1, 0.15) is 17.4 Å². The van der Waals surface area contributed by atoms with Crippen molar-refractivity contribution in [3.05, 3.63) is 41.2 Å². The molecule has 0 aliphatic heterocycles. The smallest absolute Gasteiger partial charge is 0.224 e. The summed E-state index contributed by atoms with van der Waals surface area (Å²) in [5.41, 5.74) is 4.76. The molecule has 2 rings (SSSR count). The standard InChI is InChI=1S/C13H16N4O/c1-8-5-4-6-11(9(8)2)18-13-7-12(17-14)15-10(3)16-13/h4-7H,14H2,1-3H3,(H,15,16,17). The van der Waals surface area contributed by atoms with Crippen LogP contribution in [0.3, 0.4) is 0 Å². The average molecular weight is 244 g/mol. The molecule has 5 nitrogen and oxygen atoms in total. The minimum atomic E-state index is 0.476. The van der Waals surface area contributed by atoms with Gasteiger partial charge in [0, 0.05) is 6.07 Å². The van der Waals surface area contributed by atoms with Gasteiger partial charge in [0.05, 0.1) is 0 Å². The van der Waals surface area contributed by atoms with E-state index in [4.69, 9.17) is 10.6 Å². The Morgan fingerprint density at radius 1 is 1.17 bits per heavy atom. The second kappa shape index (κ2) is 5.01. The van der Waals surface area contributed by atoms with Gasteiger partial charge in [-0.25, -0.2) is 10.8 Å². The molecule has 3 N–H and O–H groups in total. The van der Waals surface area contributed by atoms with E-state index in [1.807, 2.05) is 32.0 Å². The van der Waals surface area contributed by atoms with Crippen LogP contribution in [0.5, 0.6) is 11.6 Å². The van der Waals surface area contributed by atoms with Crippen LogP contribution in [0.4, 0.5) is 5.82 Å². The maximum atomic E-state index is 5.77. The molecule has 0 bridgehead atoms. The number of nitrogens with two attached hydrogens (primary N) is 1. The van der Waals surface area contributed by atoms with Crippen LogP contribution >= 0.6 is 0 Å². The fraction of sp³-hybridized carbons (Fsp3) is 0.231. The van der Waals surface area contributed by atoms with Crippen molar-refractivity contribution >= 4 is 5.82 Å². The highest BCUT2D eigenvalue weighted by Gasteiger charge is 2.06. The Hall–Kier alpha value is -2.14. The monoisotopic (exact) mass is 244 g/mol. The van der Waals surface area contributed by atoms with E-state index < -0.39 is 0 Å². The minimum absolute atomic E-state index is 0.476. The van der Waals surface area contributed by atoms with Gasteiger partial charge in [-0.1, -0.05) is 12.1 Å². The highest BCUT2D eigenvalue weighted by atomic mass is 16.5. The normalized spacial score (nSPS) is 10.2. The lowest BCUT2D eigenvalue weighted by Crippen LogP contribution is -2.10. The van der Waals surface area contributed by atoms with Crippen molar-refractivity contribution < 1.29 is 4.74 Å². The third-order valence-corrected chi connectivity index (χ3v) is 2.73. The van der Waals surface area contributed by atoms with Crippen LogP contribution in [0.1, 0.15) is 17.0 Å². The largest absolute Gasteiger partial charge is 0.439 e. The van der Waals surface area contributed by atoms with E-state index in [0.29, 0.717) is 17.5 Å². The molecule has 2 aromatic rings. The second-order valence-electron chi connectivity index (χ2n) is 4.08. The molecular weight excluding hydrogens is 228 g/mol. The summed E-state index contributed by atoms with van der Waals surface area (Å²) in [5, 5.41) is 0. The topological polar surface area (TPSA) is 73.1 Å². The zero-order valence-electron chi connectivity index (χ0n) is 10.7. The SMILES string of the molecule is Cc1nc(NN)cc(Oc2cccc(C)c2C)n1. The summed E-state index contributed by atoms with van der Waals surface area (Å²) in [5.74, 6) is 7.74. The van der Waals surface area contributed by atoms with Gasteiger partial charge in [-0.2, -0.15) is 4.98 Å². The van der Waals surface area contributed by atoms with Crippen molar-refractivity contribution in [2.24, 2.45) is 5.84 Å². The lowest BCUT2D eigenvalue weighted by atomic mass is 10.1. The first-order chi connectivity index (χ1) is 8.60. The fourth-order valence-electron chi connectivity index (χ4n) is 1.61. The van der Waals surface area contributed by atoms with Gasteiger partial charge in [-0.05, 0) is 38.0 Å². The number of aryl methyl sites for hydroxylation is 2. The van der Waals surface area contributed by atoms with Crippen molar-refractivity contribution in [1.29, 1.82) is 0 Å². The number of nitrogen functional groups attached to an aromatic ring is 1. The number of nitrogens with zero attached hydrogens (tertiary/aromatic N) is 2. The summed E-state index contributed by atoms with van der Waals surface area (Å²) < 4.78 is 5.77. The Bertz CT molecular complexity index is 569. The lowest BCUT2D eigenvalue weighted by molar-refractivity contribution is 0.456. The maximum absolute atomic E-state index is 5.77. The number of hydrazine groups is 1. The first-order valence-electron chi connectivity index (χ1n) is 5.66. The van der Waals surface area contributed by atoms with Crippen LogP contribution in [0.2, 0.25) is 0 Å². The van der Waals surface area contributed by atoms with E-state index in [1.165, 1.54) is 5.56 Å². The predicted octanol–water partition coefficient (Wildman–Crippen LogP) is 2.48. The van der Waals surface area contributed by atoms with Crippen molar-refractivity contribution in [1.82, 2.24) is 9.97 Å². The number of anilines is 1. The van der Waals surface area contributed by atoms with E-state index in [-0.39, 0.29) is 0 Å². The Labute approximate surface area is 106 Å². The van der Waals surface area contributed by atoms with E-state index >= 15 is 0 Å². The molecule has 1 heterocycles. The summed E-state index contributed by atoms with van der Waals surface area (Å²) in [6.07, 6.45) is 0. The molecule has 0 radical (unpaired) electrons. The van der Waals surface area contributed by atoms with E-state index in [0.717, 1.165) is 11.3 Å². The number of ether oxygens (including phenoxy) is 1. The number of aromatic nitrogens is 2. The van der Waals surface area contributed by atoms with Gasteiger partial charge >= 0.3 is 0 Å². The number of nitrogens with one attached hydrogen (secondary N) is 1. The molecule has 5 heteroatoms. The summed E-state index contributed by atoms with van der Waals surface area (Å²) in [6.45, 7) is 5.85. The number of hydrogen-bond donors (Lipinski definition) is 2. The van der Waals surface area contributed by atoms with Gasteiger partial charge in [0.2, 0.25) is 5.88 Å². The highest BCUT2D eigenvalue weighted by Crippen LogP contribution is 2.26. The minimum Gasteiger partial charge on any atom is -0.439 e. The third-order valence-electron chi connectivity index (χ3n) is 2.73. The zero-order chi connectivity index (χ0) is 13.1. The first kappa shape index (κ1) is 12.3. The van der Waals surface area contributed by atoms with Crippen molar-refractivity contribution in [2.45, 2.75) is 20.8 Å². The lowest BCUT2D eigenvalue weighted by Gasteiger charge is -2.10. The molecule has 0 unspecified atom stereocenters. The van der Waals surface area contributed by atoms with Crippen LogP contribution in [-0.2, 0) is 0 Å². The van der Waals surface area contributed by atoms with Gasteiger partial charge in [0.15, 0.2) is 0 Å². The number of rotatable bonds is 3. The van der Waals surface area contributed by atoms with Gasteiger partial charge in [-0.3, -0.25) is 0 Å². The van der Waals surface area contributed by atoms with E-state index in [9.17, 15) is 0 Å². The van der Waals surface area contributed by atoms with Crippen LogP contribution < -0.4 is 16.0 Å². The maximum Gasteiger partial charge on any atom is 0.224 e. The van der Waals surface area contributed by atoms with Gasteiger partial charge in [0.25, 0.3) is 0 Å². The first-order valence-corrected chi connectivity index (χ1v) is 5.66. The van der Waals surface area contributed by atoms with Crippen LogP contribution in [0.25, 0.3) is 0 Å². The molecule has 0 fully saturated rings. The average Bonchev–Trinajstić information content (AvgIpc) is 2.34. The molecule has 0 amide bonds. The van der Waals surface area contributed by atoms with E-state index in [1.54, 1.807) is 13.0 Å². The molecular formula is C13H16N4O. The fourth-order valence-corrected chi connectivity index (χ4v) is 1.61. The Kier molecular flexibility index (Phi) is 3.43. The summed E-state index contributed by atoms with van der Waals surface area (Å²) >= 11 is 0. The molecule has 18 heavy (non-hydrogen) atoms. The Balaban J connectivity index is 2.34. The van der Waals surface area contributed by atoms with Gasteiger partial charge < -0.3 is 10.2 Å². The van der Waals surface area contributed by atoms with Crippen molar-refractivity contribution in [2.75, 3.05) is 5.43 Å². The number of benzene rings is 1. The molecule has 0 atom stereocenters. The Morgan fingerprint density at radius 3 is 2.67 bits per heavy atom. The van der Waals surface area contributed by atoms with Crippen molar-refractivity contribution in [3.63, 3.8) is 0 Å². The zero-order valence-corrected chi connectivity index (χ0v) is 10.7. The third kappa shape index (κ3) is 2.57. The second-order valence-corrected chi connectivity index (χ2v) is 4.08. The number of hydrogen-bond acceptors (Lipinski definition) is 5. The summed E-state index contributed by atoms with van der Waals surface area (Å²) in [7, 11) is 0. The highest BCUT2D eigenvalue weighted by molar-refractivity contribution is 5.43. The van der Waals surface area contributed by atoms with Gasteiger partial charge in [-0.15, -0.1) is 0 Å². The Morgan fingerprint density at radius 2 is 1.94 bits per heavy atom. The molecule has 1 aromatic carbocycles. The molecule has 0 saturated carbocycles.